The third-order valence-corrected chi connectivity index (χ3v) is 3.75. The molecule has 0 N–H and O–H groups in total. The van der Waals surface area contributed by atoms with E-state index in [1.54, 1.807) is 6.07 Å². The Hall–Kier alpha value is -0.460. The van der Waals surface area contributed by atoms with Gasteiger partial charge in [0.1, 0.15) is 0 Å². The molecule has 6 heteroatoms. The van der Waals surface area contributed by atoms with E-state index in [1.807, 2.05) is 6.07 Å². The summed E-state index contributed by atoms with van der Waals surface area (Å²) < 4.78 is 7.23. The van der Waals surface area contributed by atoms with Gasteiger partial charge in [-0.25, -0.2) is 9.78 Å². The summed E-state index contributed by atoms with van der Waals surface area (Å²) in [6, 6.07) is 3.63. The Bertz CT molecular complexity index is 538. The Morgan fingerprint density at radius 2 is 2.20 bits per heavy atom. The van der Waals surface area contributed by atoms with Gasteiger partial charge in [0.25, 0.3) is 0 Å². The number of halogens is 2. The molecule has 1 aromatic heterocycles. The second-order valence-corrected chi connectivity index (χ2v) is 5.98. The van der Waals surface area contributed by atoms with Crippen molar-refractivity contribution in [2.24, 2.45) is 0 Å². The number of thiazole rings is 1. The summed E-state index contributed by atoms with van der Waals surface area (Å²) in [6.45, 7) is 0. The van der Waals surface area contributed by atoms with Crippen molar-refractivity contribution in [1.29, 1.82) is 0 Å². The van der Waals surface area contributed by atoms with Gasteiger partial charge >= 0.3 is 5.97 Å². The van der Waals surface area contributed by atoms with Crippen LogP contribution >= 0.6 is 43.2 Å². The zero-order valence-corrected chi connectivity index (χ0v) is 11.6. The molecule has 2 rings (SSSR count). The predicted molar refractivity (Wildman–Crippen MR) is 66.4 cm³/mol. The minimum atomic E-state index is -0.376. The maximum Gasteiger partial charge on any atom is 0.340 e. The highest BCUT2D eigenvalue weighted by molar-refractivity contribution is 9.11. The van der Waals surface area contributed by atoms with Gasteiger partial charge in [0, 0.05) is 4.47 Å². The van der Waals surface area contributed by atoms with E-state index >= 15 is 0 Å². The van der Waals surface area contributed by atoms with Crippen molar-refractivity contribution in [2.75, 3.05) is 7.11 Å². The number of ether oxygens (including phenoxy) is 1. The number of carbonyl (C=O) groups is 1. The van der Waals surface area contributed by atoms with Crippen LogP contribution in [0.4, 0.5) is 0 Å². The first-order valence-electron chi connectivity index (χ1n) is 3.95. The summed E-state index contributed by atoms with van der Waals surface area (Å²) in [5.41, 5.74) is 1.14. The van der Waals surface area contributed by atoms with E-state index in [2.05, 4.69) is 36.8 Å². The number of esters is 1. The molecule has 0 spiro atoms. The number of methoxy groups -OCH3 is 1. The first-order chi connectivity index (χ1) is 7.11. The fourth-order valence-corrected chi connectivity index (χ4v) is 3.30. The van der Waals surface area contributed by atoms with Gasteiger partial charge in [-0.05, 0) is 28.1 Å². The van der Waals surface area contributed by atoms with Gasteiger partial charge in [-0.3, -0.25) is 0 Å². The lowest BCUT2D eigenvalue weighted by Crippen LogP contribution is -2.02. The summed E-state index contributed by atoms with van der Waals surface area (Å²) >= 11 is 8.12. The molecule has 0 aliphatic carbocycles. The third kappa shape index (κ3) is 2.07. The molecule has 0 atom stereocenters. The molecule has 3 nitrogen and oxygen atoms in total. The number of carbonyl (C=O) groups excluding carboxylic acids is 1. The highest BCUT2D eigenvalue weighted by Crippen LogP contribution is 2.31. The van der Waals surface area contributed by atoms with E-state index in [9.17, 15) is 4.79 Å². The van der Waals surface area contributed by atoms with Crippen LogP contribution in [-0.2, 0) is 4.74 Å². The van der Waals surface area contributed by atoms with E-state index in [1.165, 1.54) is 18.4 Å². The number of rotatable bonds is 1. The van der Waals surface area contributed by atoms with Gasteiger partial charge in [0.15, 0.2) is 3.92 Å². The first-order valence-corrected chi connectivity index (χ1v) is 6.36. The number of aromatic nitrogens is 1. The van der Waals surface area contributed by atoms with Gasteiger partial charge in [0.05, 0.1) is 22.9 Å². The van der Waals surface area contributed by atoms with Crippen molar-refractivity contribution in [2.45, 2.75) is 0 Å². The second kappa shape index (κ2) is 4.19. The molecular formula is C9H5Br2NO2S. The van der Waals surface area contributed by atoms with Crippen molar-refractivity contribution < 1.29 is 9.53 Å². The smallest absolute Gasteiger partial charge is 0.340 e. The van der Waals surface area contributed by atoms with E-state index < -0.39 is 0 Å². The maximum absolute atomic E-state index is 11.5. The molecule has 0 amide bonds. The van der Waals surface area contributed by atoms with E-state index in [0.29, 0.717) is 11.1 Å². The lowest BCUT2D eigenvalue weighted by atomic mass is 10.2. The van der Waals surface area contributed by atoms with Crippen molar-refractivity contribution in [3.63, 3.8) is 0 Å². The van der Waals surface area contributed by atoms with E-state index in [4.69, 9.17) is 4.74 Å². The van der Waals surface area contributed by atoms with E-state index in [0.717, 1.165) is 13.1 Å². The van der Waals surface area contributed by atoms with Gasteiger partial charge in [-0.1, -0.05) is 15.9 Å². The fraction of sp³-hybridized carbons (Fsp3) is 0.111. The standard InChI is InChI=1S/C9H5Br2NO2S/c1-14-8(13)5-2-4(10)3-6-7(5)12-9(11)15-6/h2-3H,1H3. The quantitative estimate of drug-likeness (QED) is 0.737. The monoisotopic (exact) mass is 349 g/mol. The molecule has 0 aliphatic rings. The molecule has 78 valence electrons. The van der Waals surface area contributed by atoms with E-state index in [-0.39, 0.29) is 5.97 Å². The molecule has 2 aromatic rings. The minimum Gasteiger partial charge on any atom is -0.465 e. The molecule has 0 fully saturated rings. The molecule has 0 radical (unpaired) electrons. The molecule has 0 unspecified atom stereocenters. The third-order valence-electron chi connectivity index (χ3n) is 1.84. The van der Waals surface area contributed by atoms with Gasteiger partial charge in [-0.2, -0.15) is 0 Å². The Labute approximate surface area is 107 Å². The van der Waals surface area contributed by atoms with Crippen LogP contribution < -0.4 is 0 Å². The van der Waals surface area contributed by atoms with Crippen molar-refractivity contribution in [3.05, 3.63) is 26.1 Å². The van der Waals surface area contributed by atoms with Gasteiger partial charge in [0.2, 0.25) is 0 Å². The van der Waals surface area contributed by atoms with Crippen molar-refractivity contribution in [3.8, 4) is 0 Å². The van der Waals surface area contributed by atoms with Crippen LogP contribution in [0.5, 0.6) is 0 Å². The normalized spacial score (nSPS) is 10.6. The number of benzene rings is 1. The molecule has 0 saturated heterocycles. The Morgan fingerprint density at radius 1 is 1.47 bits per heavy atom. The lowest BCUT2D eigenvalue weighted by Gasteiger charge is -2.00. The van der Waals surface area contributed by atoms with Crippen molar-refractivity contribution >= 4 is 59.4 Å². The average Bonchev–Trinajstić information content (AvgIpc) is 2.55. The Morgan fingerprint density at radius 3 is 2.87 bits per heavy atom. The van der Waals surface area contributed by atoms with Crippen LogP contribution in [0.3, 0.4) is 0 Å². The summed E-state index contributed by atoms with van der Waals surface area (Å²) in [4.78, 5) is 15.7. The number of hydrogen-bond donors (Lipinski definition) is 0. The largest absolute Gasteiger partial charge is 0.465 e. The molecule has 0 bridgehead atoms. The zero-order chi connectivity index (χ0) is 11.0. The van der Waals surface area contributed by atoms with Crippen LogP contribution in [0.1, 0.15) is 10.4 Å². The molecule has 1 aromatic carbocycles. The topological polar surface area (TPSA) is 39.2 Å². The first kappa shape index (κ1) is 11.0. The van der Waals surface area contributed by atoms with Crippen molar-refractivity contribution in [1.82, 2.24) is 4.98 Å². The Kier molecular flexibility index (Phi) is 3.08. The van der Waals surface area contributed by atoms with Crippen LogP contribution in [0.2, 0.25) is 0 Å². The summed E-state index contributed by atoms with van der Waals surface area (Å²) in [5.74, 6) is -0.376. The van der Waals surface area contributed by atoms with Crippen LogP contribution in [0.25, 0.3) is 10.2 Å². The summed E-state index contributed by atoms with van der Waals surface area (Å²) in [5, 5.41) is 0. The van der Waals surface area contributed by atoms with Gasteiger partial charge in [-0.15, -0.1) is 11.3 Å². The summed E-state index contributed by atoms with van der Waals surface area (Å²) in [7, 11) is 1.36. The van der Waals surface area contributed by atoms with Crippen LogP contribution in [0.15, 0.2) is 20.5 Å². The minimum absolute atomic E-state index is 0.376. The highest BCUT2D eigenvalue weighted by atomic mass is 79.9. The Balaban J connectivity index is 2.75. The SMILES string of the molecule is COC(=O)c1cc(Br)cc2sc(Br)nc12. The number of fused-ring (bicyclic) bond motifs is 1. The molecule has 1 heterocycles. The fourth-order valence-electron chi connectivity index (χ4n) is 1.23. The average molecular weight is 351 g/mol. The maximum atomic E-state index is 11.5. The number of nitrogens with zero attached hydrogens (tertiary/aromatic N) is 1. The van der Waals surface area contributed by atoms with Gasteiger partial charge < -0.3 is 4.74 Å². The summed E-state index contributed by atoms with van der Waals surface area (Å²) in [6.07, 6.45) is 0. The van der Waals surface area contributed by atoms with Crippen LogP contribution in [0, 0.1) is 0 Å². The molecule has 0 saturated carbocycles. The number of hydrogen-bond acceptors (Lipinski definition) is 4. The second-order valence-electron chi connectivity index (χ2n) is 2.76. The highest BCUT2D eigenvalue weighted by Gasteiger charge is 2.15. The zero-order valence-electron chi connectivity index (χ0n) is 7.58. The predicted octanol–water partition coefficient (Wildman–Crippen LogP) is 3.61. The lowest BCUT2D eigenvalue weighted by molar-refractivity contribution is 0.0602. The molecular weight excluding hydrogens is 346 g/mol. The van der Waals surface area contributed by atoms with Crippen LogP contribution in [-0.4, -0.2) is 18.1 Å². The molecule has 0 aliphatic heterocycles. The molecule has 15 heavy (non-hydrogen) atoms.